The molecule has 0 bridgehead atoms. The lowest BCUT2D eigenvalue weighted by atomic mass is 10.0. The highest BCUT2D eigenvalue weighted by atomic mass is 32.2. The molecule has 0 saturated carbocycles. The molecule has 7 nitrogen and oxygen atoms in total. The summed E-state index contributed by atoms with van der Waals surface area (Å²) in [6.45, 7) is 0.716. The fourth-order valence-electron chi connectivity index (χ4n) is 3.36. The average Bonchev–Trinajstić information content (AvgIpc) is 3.31. The van der Waals surface area contributed by atoms with Gasteiger partial charge in [-0.2, -0.15) is 0 Å². The number of carboxylic acid groups (broad SMARTS) is 1. The van der Waals surface area contributed by atoms with Gasteiger partial charge in [-0.05, 0) is 41.4 Å². The molecule has 1 saturated heterocycles. The third kappa shape index (κ3) is 5.46. The largest absolute Gasteiger partial charge is 0.508 e. The number of thiocarbonyl (C=S) groups is 1. The molecule has 2 aliphatic rings. The molecule has 166 valence electrons. The van der Waals surface area contributed by atoms with Crippen molar-refractivity contribution in [2.24, 2.45) is 5.10 Å². The van der Waals surface area contributed by atoms with Crippen LogP contribution in [0.15, 0.2) is 76.3 Å². The second kappa shape index (κ2) is 9.95. The average molecular weight is 479 g/mol. The van der Waals surface area contributed by atoms with Gasteiger partial charge in [0.2, 0.25) is 12.4 Å². The normalized spacial score (nSPS) is 16.8. The molecule has 0 aliphatic carbocycles. The van der Waals surface area contributed by atoms with Crippen molar-refractivity contribution >= 4 is 51.8 Å². The van der Waals surface area contributed by atoms with Gasteiger partial charge in [-0.1, -0.05) is 54.3 Å². The molecule has 2 N–H and O–H groups in total. The van der Waals surface area contributed by atoms with Crippen molar-refractivity contribution in [3.05, 3.63) is 82.3 Å². The van der Waals surface area contributed by atoms with Gasteiger partial charge in [0.1, 0.15) is 15.6 Å². The van der Waals surface area contributed by atoms with Gasteiger partial charge in [-0.3, -0.25) is 14.5 Å². The Labute approximate surface area is 200 Å². The van der Waals surface area contributed by atoms with Gasteiger partial charge < -0.3 is 10.2 Å². The number of hydrazone groups is 1. The first kappa shape index (κ1) is 22.7. The molecule has 4 rings (SSSR count). The number of carbonyl (C=O) groups is 2. The van der Waals surface area contributed by atoms with Crippen LogP contribution in [0.3, 0.4) is 0 Å². The Balaban J connectivity index is 1.62. The van der Waals surface area contributed by atoms with E-state index in [0.29, 0.717) is 33.5 Å². The van der Waals surface area contributed by atoms with Crippen LogP contribution in [0.5, 0.6) is 5.75 Å². The zero-order valence-electron chi connectivity index (χ0n) is 17.5. The minimum Gasteiger partial charge on any atom is -0.508 e. The Bertz CT molecular complexity index is 1240. The highest BCUT2D eigenvalue weighted by Crippen LogP contribution is 2.32. The predicted molar refractivity (Wildman–Crippen MR) is 130 cm³/mol. The van der Waals surface area contributed by atoms with Gasteiger partial charge >= 0.3 is 5.97 Å². The Hall–Kier alpha value is -3.52. The van der Waals surface area contributed by atoms with Crippen molar-refractivity contribution in [2.45, 2.75) is 19.4 Å². The lowest BCUT2D eigenvalue weighted by molar-refractivity contribution is -0.540. The summed E-state index contributed by atoms with van der Waals surface area (Å²) in [5.74, 6) is 2.29. The maximum absolute atomic E-state index is 12.9. The summed E-state index contributed by atoms with van der Waals surface area (Å²) >= 11 is 6.54. The van der Waals surface area contributed by atoms with Gasteiger partial charge in [0.25, 0.3) is 5.91 Å². The van der Waals surface area contributed by atoms with Crippen LogP contribution in [0.2, 0.25) is 0 Å². The summed E-state index contributed by atoms with van der Waals surface area (Å²) in [6, 6.07) is 16.5. The lowest BCUT2D eigenvalue weighted by Gasteiger charge is -2.13. The van der Waals surface area contributed by atoms with Crippen LogP contribution < -0.4 is 0 Å². The van der Waals surface area contributed by atoms with E-state index in [1.54, 1.807) is 22.9 Å². The van der Waals surface area contributed by atoms with Gasteiger partial charge in [-0.25, -0.2) is 0 Å². The van der Waals surface area contributed by atoms with Crippen molar-refractivity contribution in [1.82, 2.24) is 4.90 Å². The summed E-state index contributed by atoms with van der Waals surface area (Å²) in [4.78, 5) is 25.6. The van der Waals surface area contributed by atoms with Gasteiger partial charge in [-0.15, -0.1) is 0 Å². The standard InChI is InChI=1S/C24H19N3O4S2/c28-19-10-8-16(9-11-19)14-26-15-18(22(25-26)17-5-2-1-3-6-17)13-20-23(31)27(24(32)33-20)12-4-7-21(29)30/h1-3,5-6,8-11,13H,4,7,12,14H2,(H-,28,29,30)/p+1. The number of amides is 1. The molecule has 0 radical (unpaired) electrons. The van der Waals surface area contributed by atoms with Crippen molar-refractivity contribution in [1.29, 1.82) is 0 Å². The quantitative estimate of drug-likeness (QED) is 0.343. The number of hydrogen-bond donors (Lipinski definition) is 2. The lowest BCUT2D eigenvalue weighted by Crippen LogP contribution is -2.29. The van der Waals surface area contributed by atoms with Crippen LogP contribution in [0.1, 0.15) is 24.0 Å². The fourth-order valence-corrected chi connectivity index (χ4v) is 4.65. The maximum atomic E-state index is 12.9. The van der Waals surface area contributed by atoms with Crippen LogP contribution in [0, 0.1) is 0 Å². The Morgan fingerprint density at radius 3 is 2.61 bits per heavy atom. The van der Waals surface area contributed by atoms with E-state index in [4.69, 9.17) is 22.4 Å². The van der Waals surface area contributed by atoms with Crippen molar-refractivity contribution in [2.75, 3.05) is 6.54 Å². The van der Waals surface area contributed by atoms with Crippen molar-refractivity contribution in [3.8, 4) is 5.75 Å². The van der Waals surface area contributed by atoms with Crippen LogP contribution in [0.25, 0.3) is 0 Å². The van der Waals surface area contributed by atoms with Gasteiger partial charge in [0.05, 0.1) is 4.91 Å². The minimum atomic E-state index is -0.904. The van der Waals surface area contributed by atoms with E-state index in [1.807, 2.05) is 42.5 Å². The number of carbonyl (C=O) groups excluding carboxylic acids is 1. The number of phenolic OH excluding ortho intramolecular Hbond substituents is 1. The van der Waals surface area contributed by atoms with E-state index < -0.39 is 5.97 Å². The molecule has 1 fully saturated rings. The first-order chi connectivity index (χ1) is 15.9. The summed E-state index contributed by atoms with van der Waals surface area (Å²) < 4.78 is 2.09. The number of allylic oxidation sites excluding steroid dienone is 2. The minimum absolute atomic E-state index is 0.0218. The highest BCUT2D eigenvalue weighted by molar-refractivity contribution is 8.26. The molecule has 1 amide bonds. The molecule has 9 heteroatoms. The molecule has 2 aliphatic heterocycles. The third-order valence-electron chi connectivity index (χ3n) is 4.96. The molecule has 0 unspecified atom stereocenters. The number of rotatable bonds is 8. The number of benzene rings is 2. The van der Waals surface area contributed by atoms with E-state index >= 15 is 0 Å². The van der Waals surface area contributed by atoms with E-state index in [1.165, 1.54) is 16.7 Å². The number of aliphatic carboxylic acids is 1. The zero-order valence-corrected chi connectivity index (χ0v) is 19.1. The van der Waals surface area contributed by atoms with Crippen LogP contribution >= 0.6 is 24.0 Å². The maximum Gasteiger partial charge on any atom is 0.303 e. The first-order valence-corrected chi connectivity index (χ1v) is 11.4. The number of thioether (sulfide) groups is 1. The Morgan fingerprint density at radius 1 is 1.18 bits per heavy atom. The number of hydrogen-bond acceptors (Lipinski definition) is 6. The van der Waals surface area contributed by atoms with Gasteiger partial charge in [0, 0.05) is 29.2 Å². The molecular weight excluding hydrogens is 458 g/mol. The number of phenols is 1. The van der Waals surface area contributed by atoms with Crippen molar-refractivity contribution in [3.63, 3.8) is 0 Å². The molecule has 0 aromatic heterocycles. The smallest absolute Gasteiger partial charge is 0.303 e. The fraction of sp³-hybridized carbons (Fsp3) is 0.167. The molecule has 0 spiro atoms. The van der Waals surface area contributed by atoms with E-state index in [0.717, 1.165) is 11.1 Å². The van der Waals surface area contributed by atoms with E-state index in [9.17, 15) is 14.7 Å². The summed E-state index contributed by atoms with van der Waals surface area (Å²) in [7, 11) is 0. The molecular formula is C24H20N3O4S2+. The zero-order chi connectivity index (χ0) is 23.4. The SMILES string of the molecule is O=C(O)CCCN1C(=O)C(=CC2=C=[N+](Cc3ccc(O)cc3)N=C2c2ccccc2)SC1=S. The Morgan fingerprint density at radius 2 is 1.91 bits per heavy atom. The van der Waals surface area contributed by atoms with Crippen LogP contribution in [0.4, 0.5) is 0 Å². The number of carboxylic acids is 1. The van der Waals surface area contributed by atoms with Gasteiger partial charge in [0.15, 0.2) is 5.71 Å². The monoisotopic (exact) mass is 478 g/mol. The second-order valence-electron chi connectivity index (χ2n) is 7.39. The summed E-state index contributed by atoms with van der Waals surface area (Å²) in [5, 5.41) is 23.1. The summed E-state index contributed by atoms with van der Waals surface area (Å²) in [5.41, 5.74) is 3.18. The van der Waals surface area contributed by atoms with Crippen LogP contribution in [-0.2, 0) is 16.1 Å². The van der Waals surface area contributed by atoms with E-state index in [2.05, 4.69) is 5.87 Å². The second-order valence-corrected chi connectivity index (χ2v) is 9.07. The first-order valence-electron chi connectivity index (χ1n) is 10.2. The van der Waals surface area contributed by atoms with Crippen LogP contribution in [-0.4, -0.2) is 54.1 Å². The number of aromatic hydroxyl groups is 1. The van der Waals surface area contributed by atoms with Crippen molar-refractivity contribution < 1.29 is 24.5 Å². The molecule has 2 aromatic rings. The van der Waals surface area contributed by atoms with E-state index in [-0.39, 0.29) is 24.6 Å². The molecule has 2 aromatic carbocycles. The Kier molecular flexibility index (Phi) is 6.84. The summed E-state index contributed by atoms with van der Waals surface area (Å²) in [6.07, 6.45) is 2.05. The number of nitrogens with zero attached hydrogens (tertiary/aromatic N) is 3. The molecule has 0 atom stereocenters. The molecule has 33 heavy (non-hydrogen) atoms. The highest BCUT2D eigenvalue weighted by Gasteiger charge is 2.33. The predicted octanol–water partition coefficient (Wildman–Crippen LogP) is 3.53. The topological polar surface area (TPSA) is 93.2 Å². The third-order valence-corrected chi connectivity index (χ3v) is 6.34. The molecule has 2 heterocycles.